The van der Waals surface area contributed by atoms with Crippen LogP contribution in [0.2, 0.25) is 6.04 Å². The highest BCUT2D eigenvalue weighted by atomic mass is 28.2. The number of para-hydroxylation sites is 1. The summed E-state index contributed by atoms with van der Waals surface area (Å²) >= 11 is 0. The monoisotopic (exact) mass is 336 g/mol. The standard InChI is InChI=1S/C18H28O4Si/c1-4-17(19)22-13-8-7-9-14-23-16-12-10-11-15(20-5-2)18(16)21-6-3/h4,10-12H,1,5-9,13-14,23H2,2-3H3. The number of rotatable bonds is 12. The molecule has 128 valence electrons. The zero-order valence-electron chi connectivity index (χ0n) is 14.3. The van der Waals surface area contributed by atoms with E-state index < -0.39 is 0 Å². The lowest BCUT2D eigenvalue weighted by Gasteiger charge is -2.15. The van der Waals surface area contributed by atoms with Crippen LogP contribution in [0.1, 0.15) is 33.1 Å². The van der Waals surface area contributed by atoms with Crippen molar-refractivity contribution >= 4 is 20.7 Å². The molecular formula is C18H28O4Si. The van der Waals surface area contributed by atoms with Gasteiger partial charge in [0.15, 0.2) is 11.5 Å². The first-order valence-electron chi connectivity index (χ1n) is 8.39. The summed E-state index contributed by atoms with van der Waals surface area (Å²) in [6.45, 7) is 9.14. The molecule has 0 atom stereocenters. The molecule has 4 nitrogen and oxygen atoms in total. The second-order valence-electron chi connectivity index (χ2n) is 5.15. The summed E-state index contributed by atoms with van der Waals surface area (Å²) in [4.78, 5) is 10.9. The Morgan fingerprint density at radius 3 is 2.65 bits per heavy atom. The van der Waals surface area contributed by atoms with Crippen molar-refractivity contribution in [2.24, 2.45) is 0 Å². The largest absolute Gasteiger partial charge is 0.490 e. The molecule has 0 spiro atoms. The van der Waals surface area contributed by atoms with E-state index in [0.29, 0.717) is 19.8 Å². The van der Waals surface area contributed by atoms with Gasteiger partial charge >= 0.3 is 5.97 Å². The van der Waals surface area contributed by atoms with Crippen LogP contribution < -0.4 is 14.7 Å². The summed E-state index contributed by atoms with van der Waals surface area (Å²) in [6, 6.07) is 7.39. The maximum Gasteiger partial charge on any atom is 0.330 e. The summed E-state index contributed by atoms with van der Waals surface area (Å²) in [5.74, 6) is 1.45. The number of benzene rings is 1. The second kappa shape index (κ2) is 11.8. The molecule has 0 amide bonds. The highest BCUT2D eigenvalue weighted by molar-refractivity contribution is 6.54. The van der Waals surface area contributed by atoms with Gasteiger partial charge in [0.25, 0.3) is 0 Å². The van der Waals surface area contributed by atoms with Crippen LogP contribution in [0.15, 0.2) is 30.9 Å². The van der Waals surface area contributed by atoms with E-state index in [9.17, 15) is 4.79 Å². The summed E-state index contributed by atoms with van der Waals surface area (Å²) in [7, 11) is -0.382. The fourth-order valence-electron chi connectivity index (χ4n) is 2.34. The van der Waals surface area contributed by atoms with Crippen molar-refractivity contribution in [3.05, 3.63) is 30.9 Å². The third kappa shape index (κ3) is 7.37. The van der Waals surface area contributed by atoms with E-state index in [2.05, 4.69) is 12.6 Å². The number of hydrogen-bond donors (Lipinski definition) is 0. The molecule has 0 aliphatic rings. The van der Waals surface area contributed by atoms with Gasteiger partial charge in [0, 0.05) is 6.08 Å². The topological polar surface area (TPSA) is 44.8 Å². The number of hydrogen-bond acceptors (Lipinski definition) is 4. The van der Waals surface area contributed by atoms with Crippen LogP contribution in [-0.4, -0.2) is 35.3 Å². The Morgan fingerprint density at radius 2 is 1.96 bits per heavy atom. The molecule has 0 unspecified atom stereocenters. The number of carbonyl (C=O) groups is 1. The minimum absolute atomic E-state index is 0.339. The fraction of sp³-hybridized carbons (Fsp3) is 0.500. The molecule has 0 saturated heterocycles. The SMILES string of the molecule is C=CC(=O)OCCCCC[SiH2]c1cccc(OCC)c1OCC. The average molecular weight is 337 g/mol. The van der Waals surface area contributed by atoms with E-state index in [1.807, 2.05) is 26.0 Å². The van der Waals surface area contributed by atoms with Crippen molar-refractivity contribution in [3.63, 3.8) is 0 Å². The van der Waals surface area contributed by atoms with Gasteiger partial charge in [0.1, 0.15) is 0 Å². The predicted octanol–water partition coefficient (Wildman–Crippen LogP) is 2.60. The molecule has 0 saturated carbocycles. The lowest BCUT2D eigenvalue weighted by molar-refractivity contribution is -0.137. The minimum atomic E-state index is -0.382. The van der Waals surface area contributed by atoms with E-state index in [4.69, 9.17) is 14.2 Å². The molecule has 1 rings (SSSR count). The van der Waals surface area contributed by atoms with E-state index in [-0.39, 0.29) is 15.5 Å². The lowest BCUT2D eigenvalue weighted by Crippen LogP contribution is -2.18. The minimum Gasteiger partial charge on any atom is -0.490 e. The Kier molecular flexibility index (Phi) is 9.87. The molecule has 5 heteroatoms. The number of esters is 1. The van der Waals surface area contributed by atoms with Gasteiger partial charge in [-0.05, 0) is 31.5 Å². The lowest BCUT2D eigenvalue weighted by atomic mass is 10.3. The maximum absolute atomic E-state index is 10.9. The Labute approximate surface area is 141 Å². The third-order valence-electron chi connectivity index (χ3n) is 3.40. The smallest absolute Gasteiger partial charge is 0.330 e. The summed E-state index contributed by atoms with van der Waals surface area (Å²) in [6.07, 6.45) is 4.34. The van der Waals surface area contributed by atoms with Gasteiger partial charge in [-0.2, -0.15) is 0 Å². The zero-order valence-corrected chi connectivity index (χ0v) is 15.7. The van der Waals surface area contributed by atoms with E-state index in [1.165, 1.54) is 17.3 Å². The van der Waals surface area contributed by atoms with Crippen molar-refractivity contribution in [1.82, 2.24) is 0 Å². The molecule has 0 aromatic heterocycles. The van der Waals surface area contributed by atoms with Crippen LogP contribution in [0.4, 0.5) is 0 Å². The van der Waals surface area contributed by atoms with E-state index >= 15 is 0 Å². The molecule has 0 fully saturated rings. The number of ether oxygens (including phenoxy) is 3. The molecule has 0 bridgehead atoms. The van der Waals surface area contributed by atoms with Gasteiger partial charge in [-0.15, -0.1) is 0 Å². The predicted molar refractivity (Wildman–Crippen MR) is 96.8 cm³/mol. The first kappa shape index (κ1) is 19.3. The molecule has 0 aliphatic heterocycles. The van der Waals surface area contributed by atoms with Crippen LogP contribution in [0, 0.1) is 0 Å². The van der Waals surface area contributed by atoms with Crippen molar-refractivity contribution in [2.45, 2.75) is 39.2 Å². The van der Waals surface area contributed by atoms with Gasteiger partial charge in [-0.1, -0.05) is 37.6 Å². The first-order chi connectivity index (χ1) is 11.2. The third-order valence-corrected chi connectivity index (χ3v) is 5.35. The summed E-state index contributed by atoms with van der Waals surface area (Å²) in [5.41, 5.74) is 0. The van der Waals surface area contributed by atoms with Crippen LogP contribution in [0.3, 0.4) is 0 Å². The van der Waals surface area contributed by atoms with Gasteiger partial charge in [-0.25, -0.2) is 4.79 Å². The maximum atomic E-state index is 10.9. The van der Waals surface area contributed by atoms with Gasteiger partial charge in [0.2, 0.25) is 0 Å². The van der Waals surface area contributed by atoms with Crippen molar-refractivity contribution < 1.29 is 19.0 Å². The summed E-state index contributed by atoms with van der Waals surface area (Å²) in [5, 5.41) is 1.33. The van der Waals surface area contributed by atoms with Crippen LogP contribution in [-0.2, 0) is 9.53 Å². The fourth-order valence-corrected chi connectivity index (χ4v) is 4.13. The van der Waals surface area contributed by atoms with E-state index in [0.717, 1.165) is 30.8 Å². The Balaban J connectivity index is 2.37. The molecule has 1 aromatic rings. The molecule has 23 heavy (non-hydrogen) atoms. The van der Waals surface area contributed by atoms with Crippen LogP contribution in [0.25, 0.3) is 0 Å². The zero-order chi connectivity index (χ0) is 16.9. The first-order valence-corrected chi connectivity index (χ1v) is 10.1. The molecular weight excluding hydrogens is 308 g/mol. The highest BCUT2D eigenvalue weighted by Gasteiger charge is 2.10. The molecule has 0 heterocycles. The number of carbonyl (C=O) groups excluding carboxylic acids is 1. The van der Waals surface area contributed by atoms with Gasteiger partial charge in [-0.3, -0.25) is 0 Å². The van der Waals surface area contributed by atoms with E-state index in [1.54, 1.807) is 0 Å². The highest BCUT2D eigenvalue weighted by Crippen LogP contribution is 2.24. The molecule has 1 aromatic carbocycles. The van der Waals surface area contributed by atoms with Crippen molar-refractivity contribution in [2.75, 3.05) is 19.8 Å². The summed E-state index contributed by atoms with van der Waals surface area (Å²) < 4.78 is 16.4. The molecule has 0 radical (unpaired) electrons. The van der Waals surface area contributed by atoms with Crippen molar-refractivity contribution in [3.8, 4) is 11.5 Å². The Bertz CT molecular complexity index is 488. The second-order valence-corrected chi connectivity index (χ2v) is 7.12. The normalized spacial score (nSPS) is 10.7. The number of unbranched alkanes of at least 4 members (excludes halogenated alkanes) is 2. The Hall–Kier alpha value is -1.75. The quantitative estimate of drug-likeness (QED) is 0.255. The van der Waals surface area contributed by atoms with Crippen LogP contribution >= 0.6 is 0 Å². The van der Waals surface area contributed by atoms with Crippen LogP contribution in [0.5, 0.6) is 11.5 Å². The van der Waals surface area contributed by atoms with Gasteiger partial charge < -0.3 is 14.2 Å². The van der Waals surface area contributed by atoms with Gasteiger partial charge in [0.05, 0.1) is 29.3 Å². The Morgan fingerprint density at radius 1 is 1.17 bits per heavy atom. The molecule has 0 aliphatic carbocycles. The average Bonchev–Trinajstić information content (AvgIpc) is 2.56. The molecule has 0 N–H and O–H groups in total. The van der Waals surface area contributed by atoms with Crippen molar-refractivity contribution in [1.29, 1.82) is 0 Å².